The summed E-state index contributed by atoms with van der Waals surface area (Å²) >= 11 is 0. The van der Waals surface area contributed by atoms with Crippen LogP contribution in [0.2, 0.25) is 0 Å². The minimum absolute atomic E-state index is 0.347. The molecule has 5 heteroatoms. The number of ether oxygens (including phenoxy) is 3. The Morgan fingerprint density at radius 3 is 1.86 bits per heavy atom. The SMILES string of the molecule is C1=CC2C3CCC(C3)C2C1.C1CC2CC1C1CC3OC3C21.C=C(C)C(=O)OC.C=C(C)C(=O)OC. The van der Waals surface area contributed by atoms with E-state index in [1.807, 2.05) is 0 Å². The minimum Gasteiger partial charge on any atom is -0.466 e. The predicted octanol–water partition coefficient (Wildman–Crippen LogP) is 5.90. The number of carbonyl (C=O) groups excluding carboxylic acids is 2. The molecule has 0 aromatic heterocycles. The summed E-state index contributed by atoms with van der Waals surface area (Å²) in [7, 11) is 2.66. The standard InChI is InChI=1S/C10H14O.C10H14.2C5H8O2/c1-2-6-3-5(1)7-4-8-10(11-8)9(6)7;1-2-9-7-4-5-8(6-7)10(9)3-1;2*1-4(2)5(6)7-3/h5-10H,1-4H2;1-2,7-10H,3-6H2;2*1H2,2-3H3. The minimum atomic E-state index is -0.347. The van der Waals surface area contributed by atoms with Gasteiger partial charge in [0.05, 0.1) is 26.4 Å². The molecule has 7 rings (SSSR count). The third kappa shape index (κ3) is 5.60. The van der Waals surface area contributed by atoms with Crippen LogP contribution in [0.25, 0.3) is 0 Å². The summed E-state index contributed by atoms with van der Waals surface area (Å²) in [6.45, 7) is 9.91. The second-order valence-electron chi connectivity index (χ2n) is 11.7. The molecule has 0 aromatic carbocycles. The second kappa shape index (κ2) is 11.0. The van der Waals surface area contributed by atoms with E-state index in [0.717, 1.165) is 59.6 Å². The van der Waals surface area contributed by atoms with E-state index in [9.17, 15) is 9.59 Å². The van der Waals surface area contributed by atoms with E-state index in [0.29, 0.717) is 11.1 Å². The number of allylic oxidation sites excluding steroid dienone is 2. The van der Waals surface area contributed by atoms with Gasteiger partial charge >= 0.3 is 11.9 Å². The van der Waals surface area contributed by atoms with Crippen molar-refractivity contribution in [2.24, 2.45) is 47.3 Å². The van der Waals surface area contributed by atoms with Crippen LogP contribution in [0.3, 0.4) is 0 Å². The molecule has 35 heavy (non-hydrogen) atoms. The summed E-state index contributed by atoms with van der Waals surface area (Å²) in [4.78, 5) is 20.4. The number of carbonyl (C=O) groups is 2. The van der Waals surface area contributed by atoms with Gasteiger partial charge in [0.2, 0.25) is 0 Å². The molecule has 1 heterocycles. The molecule has 4 bridgehead atoms. The molecular weight excluding hydrogens is 440 g/mol. The largest absolute Gasteiger partial charge is 0.466 e. The van der Waals surface area contributed by atoms with E-state index >= 15 is 0 Å². The van der Waals surface area contributed by atoms with E-state index in [4.69, 9.17) is 4.74 Å². The number of methoxy groups -OCH3 is 2. The van der Waals surface area contributed by atoms with Crippen LogP contribution in [0.15, 0.2) is 36.5 Å². The lowest BCUT2D eigenvalue weighted by atomic mass is 9.81. The number of rotatable bonds is 2. The van der Waals surface area contributed by atoms with Gasteiger partial charge in [-0.3, -0.25) is 0 Å². The summed E-state index contributed by atoms with van der Waals surface area (Å²) in [5.74, 6) is 8.01. The molecule has 6 aliphatic carbocycles. The molecule has 10 atom stereocenters. The summed E-state index contributed by atoms with van der Waals surface area (Å²) in [5.41, 5.74) is 0.866. The normalized spacial score (nSPS) is 41.0. The Morgan fingerprint density at radius 2 is 1.34 bits per heavy atom. The highest BCUT2D eigenvalue weighted by Gasteiger charge is 2.64. The zero-order chi connectivity index (χ0) is 25.3. The van der Waals surface area contributed by atoms with Crippen LogP contribution in [0.4, 0.5) is 0 Å². The molecule has 0 spiro atoms. The molecule has 0 N–H and O–H groups in total. The maximum absolute atomic E-state index is 10.2. The third-order valence-electron chi connectivity index (χ3n) is 9.66. The molecule has 10 unspecified atom stereocenters. The van der Waals surface area contributed by atoms with E-state index in [-0.39, 0.29) is 11.9 Å². The molecule has 5 saturated carbocycles. The average molecular weight is 485 g/mol. The quantitative estimate of drug-likeness (QED) is 0.211. The Labute approximate surface area is 211 Å². The van der Waals surface area contributed by atoms with Crippen LogP contribution in [0.5, 0.6) is 0 Å². The molecule has 6 fully saturated rings. The first-order valence-electron chi connectivity index (χ1n) is 13.5. The molecule has 194 valence electrons. The Morgan fingerprint density at radius 1 is 0.800 bits per heavy atom. The van der Waals surface area contributed by atoms with Gasteiger partial charge in [-0.15, -0.1) is 0 Å². The highest BCUT2D eigenvalue weighted by molar-refractivity contribution is 5.87. The van der Waals surface area contributed by atoms with Crippen LogP contribution in [0, 0.1) is 47.3 Å². The maximum Gasteiger partial charge on any atom is 0.332 e. The Hall–Kier alpha value is -1.88. The smallest absolute Gasteiger partial charge is 0.332 e. The lowest BCUT2D eigenvalue weighted by Gasteiger charge is -2.25. The molecule has 0 radical (unpaired) electrons. The molecule has 0 amide bonds. The topological polar surface area (TPSA) is 65.1 Å². The number of hydrogen-bond donors (Lipinski definition) is 0. The van der Waals surface area contributed by atoms with Crippen molar-refractivity contribution in [2.45, 2.75) is 77.4 Å². The van der Waals surface area contributed by atoms with Crippen LogP contribution in [0.1, 0.15) is 65.2 Å². The van der Waals surface area contributed by atoms with Gasteiger partial charge in [-0.25, -0.2) is 9.59 Å². The highest BCUT2D eigenvalue weighted by Crippen LogP contribution is 2.64. The Kier molecular flexibility index (Phi) is 8.25. The fraction of sp³-hybridized carbons (Fsp3) is 0.733. The van der Waals surface area contributed by atoms with Crippen molar-refractivity contribution in [1.29, 1.82) is 0 Å². The van der Waals surface area contributed by atoms with E-state index < -0.39 is 0 Å². The van der Waals surface area contributed by atoms with Crippen molar-refractivity contribution in [3.05, 3.63) is 36.5 Å². The first-order valence-corrected chi connectivity index (χ1v) is 13.5. The summed E-state index contributed by atoms with van der Waals surface area (Å²) < 4.78 is 14.2. The lowest BCUT2D eigenvalue weighted by Crippen LogP contribution is -2.22. The number of epoxide rings is 1. The van der Waals surface area contributed by atoms with Crippen LogP contribution >= 0.6 is 0 Å². The molecule has 7 aliphatic rings. The predicted molar refractivity (Wildman–Crippen MR) is 136 cm³/mol. The van der Waals surface area contributed by atoms with Crippen molar-refractivity contribution in [2.75, 3.05) is 14.2 Å². The summed E-state index contributed by atoms with van der Waals surface area (Å²) in [6, 6.07) is 0. The molecule has 1 aliphatic heterocycles. The molecule has 5 nitrogen and oxygen atoms in total. The fourth-order valence-electron chi connectivity index (χ4n) is 8.12. The van der Waals surface area contributed by atoms with Gasteiger partial charge in [0.15, 0.2) is 0 Å². The average Bonchev–Trinajstić information content (AvgIpc) is 3.52. The third-order valence-corrected chi connectivity index (χ3v) is 9.66. The lowest BCUT2D eigenvalue weighted by molar-refractivity contribution is -0.136. The van der Waals surface area contributed by atoms with Gasteiger partial charge in [0, 0.05) is 11.1 Å². The van der Waals surface area contributed by atoms with E-state index in [1.165, 1.54) is 39.9 Å². The number of fused-ring (bicyclic) bond motifs is 12. The molecular formula is C30H44O5. The van der Waals surface area contributed by atoms with Gasteiger partial charge < -0.3 is 14.2 Å². The number of esters is 2. The van der Waals surface area contributed by atoms with Crippen molar-refractivity contribution in [3.63, 3.8) is 0 Å². The molecule has 1 saturated heterocycles. The van der Waals surface area contributed by atoms with E-state index in [1.54, 1.807) is 39.5 Å². The summed E-state index contributed by atoms with van der Waals surface area (Å²) in [5, 5.41) is 0. The second-order valence-corrected chi connectivity index (χ2v) is 11.7. The summed E-state index contributed by atoms with van der Waals surface area (Å²) in [6.07, 6.45) is 18.5. The zero-order valence-corrected chi connectivity index (χ0v) is 22.0. The van der Waals surface area contributed by atoms with Gasteiger partial charge in [-0.1, -0.05) is 25.3 Å². The highest BCUT2D eigenvalue weighted by atomic mass is 16.6. The maximum atomic E-state index is 10.2. The Bertz CT molecular complexity index is 833. The van der Waals surface area contributed by atoms with Crippen LogP contribution < -0.4 is 0 Å². The van der Waals surface area contributed by atoms with Crippen LogP contribution in [-0.2, 0) is 23.8 Å². The zero-order valence-electron chi connectivity index (χ0n) is 22.0. The van der Waals surface area contributed by atoms with Crippen molar-refractivity contribution < 1.29 is 23.8 Å². The van der Waals surface area contributed by atoms with Gasteiger partial charge in [-0.2, -0.15) is 0 Å². The van der Waals surface area contributed by atoms with Gasteiger partial charge in [0.1, 0.15) is 0 Å². The fourth-order valence-corrected chi connectivity index (χ4v) is 8.12. The molecule has 0 aromatic rings. The number of hydrogen-bond acceptors (Lipinski definition) is 5. The van der Waals surface area contributed by atoms with Crippen LogP contribution in [-0.4, -0.2) is 38.4 Å². The first kappa shape index (κ1) is 26.2. The monoisotopic (exact) mass is 484 g/mol. The van der Waals surface area contributed by atoms with Gasteiger partial charge in [0.25, 0.3) is 0 Å². The van der Waals surface area contributed by atoms with Crippen molar-refractivity contribution >= 4 is 11.9 Å². The van der Waals surface area contributed by atoms with Crippen molar-refractivity contribution in [1.82, 2.24) is 0 Å². The van der Waals surface area contributed by atoms with Crippen molar-refractivity contribution in [3.8, 4) is 0 Å². The van der Waals surface area contributed by atoms with E-state index in [2.05, 4.69) is 34.8 Å². The Balaban J connectivity index is 0.000000113. The van der Waals surface area contributed by atoms with Gasteiger partial charge in [-0.05, 0) is 113 Å². The first-order chi connectivity index (χ1) is 16.7.